The second-order valence-electron chi connectivity index (χ2n) is 4.88. The Morgan fingerprint density at radius 3 is 2.31 bits per heavy atom. The quantitative estimate of drug-likeness (QED) is 0.700. The van der Waals surface area contributed by atoms with Crippen LogP contribution in [0.25, 0.3) is 0 Å². The Kier molecular flexibility index (Phi) is 4.20. The van der Waals surface area contributed by atoms with E-state index in [2.05, 4.69) is 37.9 Å². The van der Waals surface area contributed by atoms with Gasteiger partial charge in [0.2, 0.25) is 0 Å². The maximum Gasteiger partial charge on any atom is 0.0322 e. The van der Waals surface area contributed by atoms with E-state index in [-0.39, 0.29) is 0 Å². The van der Waals surface area contributed by atoms with Gasteiger partial charge in [0.15, 0.2) is 0 Å². The van der Waals surface area contributed by atoms with Crippen LogP contribution >= 0.6 is 0 Å². The zero-order valence-electron chi connectivity index (χ0n) is 9.51. The fourth-order valence-electron chi connectivity index (χ4n) is 1.64. The molecule has 0 radical (unpaired) electrons. The van der Waals surface area contributed by atoms with Crippen LogP contribution in [-0.4, -0.2) is 36.6 Å². The van der Waals surface area contributed by atoms with Crippen molar-refractivity contribution in [2.24, 2.45) is 5.92 Å². The molecule has 0 aromatic rings. The van der Waals surface area contributed by atoms with Gasteiger partial charge in [-0.1, -0.05) is 13.8 Å². The summed E-state index contributed by atoms with van der Waals surface area (Å²) in [5.74, 6) is 0.828. The molecule has 1 aliphatic heterocycles. The first-order chi connectivity index (χ1) is 6.09. The van der Waals surface area contributed by atoms with Gasteiger partial charge in [0, 0.05) is 25.2 Å². The first kappa shape index (κ1) is 11.0. The van der Waals surface area contributed by atoms with E-state index >= 15 is 0 Å². The summed E-state index contributed by atoms with van der Waals surface area (Å²) in [6.07, 6.45) is 1.30. The molecular formula is C11H24N2. The van der Waals surface area contributed by atoms with Crippen LogP contribution in [0.3, 0.4) is 0 Å². The molecule has 2 nitrogen and oxygen atoms in total. The van der Waals surface area contributed by atoms with Crippen LogP contribution in [-0.2, 0) is 0 Å². The molecule has 0 spiro atoms. The standard InChI is InChI=1S/C11H24N2/c1-9(2)5-6-12-11-7-13(8-11)10(3)4/h9-12H,5-8H2,1-4H3. The van der Waals surface area contributed by atoms with Crippen molar-refractivity contribution in [3.63, 3.8) is 0 Å². The van der Waals surface area contributed by atoms with Crippen LogP contribution in [0.2, 0.25) is 0 Å². The molecule has 0 aliphatic carbocycles. The maximum absolute atomic E-state index is 3.59. The molecule has 0 saturated carbocycles. The molecule has 2 heteroatoms. The number of hydrogen-bond donors (Lipinski definition) is 1. The van der Waals surface area contributed by atoms with Crippen LogP contribution in [0.4, 0.5) is 0 Å². The molecule has 0 unspecified atom stereocenters. The Bertz CT molecular complexity index is 137. The average molecular weight is 184 g/mol. The van der Waals surface area contributed by atoms with E-state index in [0.717, 1.165) is 18.0 Å². The Morgan fingerprint density at radius 1 is 1.23 bits per heavy atom. The SMILES string of the molecule is CC(C)CCNC1CN(C(C)C)C1. The van der Waals surface area contributed by atoms with Crippen molar-refractivity contribution in [3.8, 4) is 0 Å². The lowest BCUT2D eigenvalue weighted by atomic mass is 10.1. The Balaban J connectivity index is 1.96. The second-order valence-corrected chi connectivity index (χ2v) is 4.88. The van der Waals surface area contributed by atoms with Gasteiger partial charge in [0.05, 0.1) is 0 Å². The average Bonchev–Trinajstić information content (AvgIpc) is 1.92. The third-order valence-electron chi connectivity index (χ3n) is 2.79. The van der Waals surface area contributed by atoms with Crippen LogP contribution in [0.15, 0.2) is 0 Å². The summed E-state index contributed by atoms with van der Waals surface area (Å²) in [6.45, 7) is 12.8. The second kappa shape index (κ2) is 4.97. The van der Waals surface area contributed by atoms with E-state index in [0.29, 0.717) is 0 Å². The fourth-order valence-corrected chi connectivity index (χ4v) is 1.64. The first-order valence-corrected chi connectivity index (χ1v) is 5.57. The highest BCUT2D eigenvalue weighted by atomic mass is 15.3. The van der Waals surface area contributed by atoms with Gasteiger partial charge in [-0.05, 0) is 32.7 Å². The van der Waals surface area contributed by atoms with E-state index < -0.39 is 0 Å². The Morgan fingerprint density at radius 2 is 1.85 bits per heavy atom. The highest BCUT2D eigenvalue weighted by molar-refractivity contribution is 4.87. The lowest BCUT2D eigenvalue weighted by Crippen LogP contribution is -2.60. The minimum absolute atomic E-state index is 0.725. The van der Waals surface area contributed by atoms with Gasteiger partial charge >= 0.3 is 0 Å². The van der Waals surface area contributed by atoms with Gasteiger partial charge in [0.1, 0.15) is 0 Å². The minimum Gasteiger partial charge on any atom is -0.311 e. The van der Waals surface area contributed by atoms with Crippen molar-refractivity contribution in [1.82, 2.24) is 10.2 Å². The molecule has 78 valence electrons. The predicted molar refractivity (Wildman–Crippen MR) is 58.0 cm³/mol. The molecule has 0 aromatic heterocycles. The molecule has 1 aliphatic rings. The van der Waals surface area contributed by atoms with Crippen LogP contribution in [0.5, 0.6) is 0 Å². The number of nitrogens with zero attached hydrogens (tertiary/aromatic N) is 1. The largest absolute Gasteiger partial charge is 0.311 e. The Hall–Kier alpha value is -0.0800. The Labute approximate surface area is 82.7 Å². The summed E-state index contributed by atoms with van der Waals surface area (Å²) >= 11 is 0. The van der Waals surface area contributed by atoms with E-state index in [9.17, 15) is 0 Å². The molecule has 1 rings (SSSR count). The molecule has 0 bridgehead atoms. The first-order valence-electron chi connectivity index (χ1n) is 5.57. The predicted octanol–water partition coefficient (Wildman–Crippen LogP) is 1.71. The van der Waals surface area contributed by atoms with Gasteiger partial charge in [-0.3, -0.25) is 4.90 Å². The molecule has 0 amide bonds. The van der Waals surface area contributed by atoms with E-state index in [1.807, 2.05) is 0 Å². The van der Waals surface area contributed by atoms with Crippen LogP contribution in [0.1, 0.15) is 34.1 Å². The summed E-state index contributed by atoms with van der Waals surface area (Å²) in [7, 11) is 0. The molecule has 0 atom stereocenters. The van der Waals surface area contributed by atoms with Crippen molar-refractivity contribution in [3.05, 3.63) is 0 Å². The molecule has 1 N–H and O–H groups in total. The summed E-state index contributed by atoms with van der Waals surface area (Å²) in [5.41, 5.74) is 0. The van der Waals surface area contributed by atoms with Gasteiger partial charge in [0.25, 0.3) is 0 Å². The van der Waals surface area contributed by atoms with Crippen molar-refractivity contribution in [1.29, 1.82) is 0 Å². The molecule has 1 heterocycles. The molecule has 1 fully saturated rings. The fraction of sp³-hybridized carbons (Fsp3) is 1.00. The van der Waals surface area contributed by atoms with Crippen molar-refractivity contribution >= 4 is 0 Å². The molecule has 1 saturated heterocycles. The topological polar surface area (TPSA) is 15.3 Å². The summed E-state index contributed by atoms with van der Waals surface area (Å²) in [4.78, 5) is 2.51. The smallest absolute Gasteiger partial charge is 0.0322 e. The van der Waals surface area contributed by atoms with E-state index in [4.69, 9.17) is 0 Å². The number of nitrogens with one attached hydrogen (secondary N) is 1. The van der Waals surface area contributed by atoms with Gasteiger partial charge in [-0.2, -0.15) is 0 Å². The van der Waals surface area contributed by atoms with Crippen molar-refractivity contribution < 1.29 is 0 Å². The monoisotopic (exact) mass is 184 g/mol. The number of likely N-dealkylation sites (tertiary alicyclic amines) is 1. The van der Waals surface area contributed by atoms with E-state index in [1.54, 1.807) is 0 Å². The zero-order valence-corrected chi connectivity index (χ0v) is 9.51. The third kappa shape index (κ3) is 3.65. The van der Waals surface area contributed by atoms with Gasteiger partial charge in [-0.25, -0.2) is 0 Å². The molecular weight excluding hydrogens is 160 g/mol. The number of hydrogen-bond acceptors (Lipinski definition) is 2. The van der Waals surface area contributed by atoms with E-state index in [1.165, 1.54) is 26.1 Å². The third-order valence-corrected chi connectivity index (χ3v) is 2.79. The number of rotatable bonds is 5. The molecule has 0 aromatic carbocycles. The normalized spacial score (nSPS) is 19.8. The van der Waals surface area contributed by atoms with Crippen molar-refractivity contribution in [2.75, 3.05) is 19.6 Å². The highest BCUT2D eigenvalue weighted by Crippen LogP contribution is 2.11. The van der Waals surface area contributed by atoms with Gasteiger partial charge < -0.3 is 5.32 Å². The minimum atomic E-state index is 0.725. The van der Waals surface area contributed by atoms with Crippen LogP contribution in [0, 0.1) is 5.92 Å². The van der Waals surface area contributed by atoms with Crippen molar-refractivity contribution in [2.45, 2.75) is 46.2 Å². The lowest BCUT2D eigenvalue weighted by Gasteiger charge is -2.42. The summed E-state index contributed by atoms with van der Waals surface area (Å²) < 4.78 is 0. The summed E-state index contributed by atoms with van der Waals surface area (Å²) in [6, 6.07) is 1.49. The highest BCUT2D eigenvalue weighted by Gasteiger charge is 2.27. The van der Waals surface area contributed by atoms with Crippen LogP contribution < -0.4 is 5.32 Å². The van der Waals surface area contributed by atoms with Gasteiger partial charge in [-0.15, -0.1) is 0 Å². The zero-order chi connectivity index (χ0) is 9.84. The maximum atomic E-state index is 3.59. The lowest BCUT2D eigenvalue weighted by molar-refractivity contribution is 0.0916. The summed E-state index contributed by atoms with van der Waals surface area (Å²) in [5, 5.41) is 3.59. The molecule has 13 heavy (non-hydrogen) atoms.